The molecule has 6 nitrogen and oxygen atoms in total. The van der Waals surface area contributed by atoms with Crippen LogP contribution < -0.4 is 16.0 Å². The number of hydrogen-bond acceptors (Lipinski definition) is 5. The van der Waals surface area contributed by atoms with Crippen molar-refractivity contribution in [1.82, 2.24) is 15.3 Å². The van der Waals surface area contributed by atoms with Gasteiger partial charge in [-0.3, -0.25) is 14.8 Å². The molecule has 4 rings (SSSR count). The number of amides is 1. The van der Waals surface area contributed by atoms with Gasteiger partial charge in [-0.25, -0.2) is 0 Å². The lowest BCUT2D eigenvalue weighted by Gasteiger charge is -2.16. The Bertz CT molecular complexity index is 891. The van der Waals surface area contributed by atoms with Gasteiger partial charge >= 0.3 is 0 Å². The topological polar surface area (TPSA) is 78.9 Å². The van der Waals surface area contributed by atoms with E-state index >= 15 is 0 Å². The normalized spacial score (nSPS) is 16.7. The molecule has 1 fully saturated rings. The molecule has 0 bridgehead atoms. The van der Waals surface area contributed by atoms with E-state index in [0.717, 1.165) is 30.6 Å². The van der Waals surface area contributed by atoms with Crippen molar-refractivity contribution in [3.8, 4) is 0 Å². The molecule has 1 amide bonds. The fourth-order valence-corrected chi connectivity index (χ4v) is 3.11. The zero-order valence-electron chi connectivity index (χ0n) is 13.7. The average molecular weight is 333 g/mol. The van der Waals surface area contributed by atoms with Crippen LogP contribution in [0.25, 0.3) is 10.9 Å². The van der Waals surface area contributed by atoms with E-state index in [0.29, 0.717) is 22.8 Å². The molecule has 0 radical (unpaired) electrons. The van der Waals surface area contributed by atoms with Gasteiger partial charge < -0.3 is 16.0 Å². The van der Waals surface area contributed by atoms with Crippen molar-refractivity contribution in [2.45, 2.75) is 12.5 Å². The summed E-state index contributed by atoms with van der Waals surface area (Å²) in [5.74, 6) is -0.177. The monoisotopic (exact) mass is 333 g/mol. The number of rotatable bonds is 4. The Balaban J connectivity index is 1.67. The Hall–Kier alpha value is -2.99. The fraction of sp³-hybridized carbons (Fsp3) is 0.211. The van der Waals surface area contributed by atoms with Gasteiger partial charge in [-0.05, 0) is 49.4 Å². The highest BCUT2D eigenvalue weighted by Gasteiger charge is 2.18. The minimum absolute atomic E-state index is 0.177. The lowest BCUT2D eigenvalue weighted by Crippen LogP contribution is -2.22. The maximum atomic E-state index is 12.7. The molecule has 1 saturated heterocycles. The molecule has 0 saturated carbocycles. The molecule has 3 heterocycles. The second-order valence-electron chi connectivity index (χ2n) is 6.08. The molecule has 1 atom stereocenters. The molecule has 25 heavy (non-hydrogen) atoms. The van der Waals surface area contributed by atoms with E-state index in [2.05, 4.69) is 25.9 Å². The van der Waals surface area contributed by atoms with Crippen molar-refractivity contribution in [3.63, 3.8) is 0 Å². The Morgan fingerprint density at radius 1 is 1.12 bits per heavy atom. The number of nitrogens with one attached hydrogen (secondary N) is 3. The van der Waals surface area contributed by atoms with Gasteiger partial charge in [-0.1, -0.05) is 0 Å². The number of hydrogen-bond donors (Lipinski definition) is 3. The lowest BCUT2D eigenvalue weighted by atomic mass is 10.1. The minimum atomic E-state index is -0.177. The van der Waals surface area contributed by atoms with E-state index in [4.69, 9.17) is 0 Å². The summed E-state index contributed by atoms with van der Waals surface area (Å²) in [5, 5.41) is 10.8. The predicted molar refractivity (Wildman–Crippen MR) is 98.8 cm³/mol. The second kappa shape index (κ2) is 6.86. The summed E-state index contributed by atoms with van der Waals surface area (Å²) in [6.07, 6.45) is 6.10. The maximum Gasteiger partial charge on any atom is 0.257 e. The zero-order valence-corrected chi connectivity index (χ0v) is 13.7. The molecular weight excluding hydrogens is 314 g/mol. The highest BCUT2D eigenvalue weighted by molar-refractivity contribution is 6.13. The van der Waals surface area contributed by atoms with Gasteiger partial charge in [0.25, 0.3) is 5.91 Å². The molecule has 2 aromatic heterocycles. The molecule has 0 spiro atoms. The van der Waals surface area contributed by atoms with Crippen molar-refractivity contribution >= 4 is 28.2 Å². The molecule has 6 heteroatoms. The van der Waals surface area contributed by atoms with Gasteiger partial charge in [-0.2, -0.15) is 0 Å². The van der Waals surface area contributed by atoms with Crippen LogP contribution in [0.2, 0.25) is 0 Å². The van der Waals surface area contributed by atoms with E-state index in [1.807, 2.05) is 24.3 Å². The average Bonchev–Trinajstić information content (AvgIpc) is 3.16. The van der Waals surface area contributed by atoms with E-state index in [1.165, 1.54) is 0 Å². The number of anilines is 2. The van der Waals surface area contributed by atoms with Crippen molar-refractivity contribution in [2.75, 3.05) is 23.7 Å². The third kappa shape index (κ3) is 3.29. The van der Waals surface area contributed by atoms with Crippen molar-refractivity contribution in [2.24, 2.45) is 0 Å². The third-order valence-corrected chi connectivity index (χ3v) is 4.37. The van der Waals surface area contributed by atoms with Crippen LogP contribution in [0, 0.1) is 0 Å². The van der Waals surface area contributed by atoms with Gasteiger partial charge in [0.15, 0.2) is 0 Å². The van der Waals surface area contributed by atoms with Gasteiger partial charge in [0, 0.05) is 47.9 Å². The van der Waals surface area contributed by atoms with Gasteiger partial charge in [0.1, 0.15) is 0 Å². The van der Waals surface area contributed by atoms with Crippen LogP contribution in [0.5, 0.6) is 0 Å². The summed E-state index contributed by atoms with van der Waals surface area (Å²) in [6, 6.07) is 11.6. The van der Waals surface area contributed by atoms with E-state index < -0.39 is 0 Å². The largest absolute Gasteiger partial charge is 0.380 e. The van der Waals surface area contributed by atoms with Gasteiger partial charge in [0.2, 0.25) is 0 Å². The van der Waals surface area contributed by atoms with Crippen LogP contribution in [-0.4, -0.2) is 35.0 Å². The molecule has 3 N–H and O–H groups in total. The van der Waals surface area contributed by atoms with E-state index in [1.54, 1.807) is 30.7 Å². The highest BCUT2D eigenvalue weighted by Crippen LogP contribution is 2.27. The Morgan fingerprint density at radius 3 is 2.80 bits per heavy atom. The van der Waals surface area contributed by atoms with E-state index in [-0.39, 0.29) is 5.91 Å². The van der Waals surface area contributed by atoms with Crippen LogP contribution in [0.1, 0.15) is 16.8 Å². The minimum Gasteiger partial charge on any atom is -0.380 e. The first-order chi connectivity index (χ1) is 12.3. The number of carbonyl (C=O) groups excluding carboxylic acids is 1. The molecular formula is C19H19N5O. The van der Waals surface area contributed by atoms with Crippen LogP contribution in [0.15, 0.2) is 55.0 Å². The first-order valence-electron chi connectivity index (χ1n) is 8.37. The summed E-state index contributed by atoms with van der Waals surface area (Å²) in [7, 11) is 0. The van der Waals surface area contributed by atoms with Crippen molar-refractivity contribution < 1.29 is 4.79 Å². The maximum absolute atomic E-state index is 12.7. The summed E-state index contributed by atoms with van der Waals surface area (Å²) in [6.45, 7) is 1.98. The number of aromatic nitrogens is 2. The fourth-order valence-electron chi connectivity index (χ4n) is 3.11. The lowest BCUT2D eigenvalue weighted by molar-refractivity contribution is 0.102. The van der Waals surface area contributed by atoms with Crippen molar-refractivity contribution in [3.05, 3.63) is 60.6 Å². The van der Waals surface area contributed by atoms with Crippen molar-refractivity contribution in [1.29, 1.82) is 0 Å². The molecule has 126 valence electrons. The SMILES string of the molecule is O=C(Nc1ccncc1)c1ccc(NC2CCNC2)c2cccnc12. The second-order valence-corrected chi connectivity index (χ2v) is 6.08. The summed E-state index contributed by atoms with van der Waals surface area (Å²) in [4.78, 5) is 21.1. The highest BCUT2D eigenvalue weighted by atomic mass is 16.1. The van der Waals surface area contributed by atoms with E-state index in [9.17, 15) is 4.79 Å². The summed E-state index contributed by atoms with van der Waals surface area (Å²) >= 11 is 0. The standard InChI is InChI=1S/C19H19N5O/c25-19(24-13-5-9-20-10-6-13)16-3-4-17(23-14-7-11-21-12-14)15-2-1-8-22-18(15)16/h1-6,8-10,14,21,23H,7,11-12H2,(H,20,24,25). The summed E-state index contributed by atoms with van der Waals surface area (Å²) < 4.78 is 0. The number of nitrogens with zero attached hydrogens (tertiary/aromatic N) is 2. The van der Waals surface area contributed by atoms with Crippen LogP contribution in [0.4, 0.5) is 11.4 Å². The summed E-state index contributed by atoms with van der Waals surface area (Å²) in [5.41, 5.74) is 2.98. The van der Waals surface area contributed by atoms with Gasteiger partial charge in [-0.15, -0.1) is 0 Å². The molecule has 1 aliphatic rings. The zero-order chi connectivity index (χ0) is 17.1. The quantitative estimate of drug-likeness (QED) is 0.684. The van der Waals surface area contributed by atoms with Gasteiger partial charge in [0.05, 0.1) is 11.1 Å². The Morgan fingerprint density at radius 2 is 2.00 bits per heavy atom. The molecule has 1 aliphatic heterocycles. The van der Waals surface area contributed by atoms with Crippen LogP contribution >= 0.6 is 0 Å². The number of fused-ring (bicyclic) bond motifs is 1. The Kier molecular flexibility index (Phi) is 4.26. The third-order valence-electron chi connectivity index (χ3n) is 4.37. The number of carbonyl (C=O) groups is 1. The predicted octanol–water partition coefficient (Wildman–Crippen LogP) is 2.66. The first-order valence-corrected chi connectivity index (χ1v) is 8.37. The number of benzene rings is 1. The molecule has 1 aromatic carbocycles. The Labute approximate surface area is 145 Å². The smallest absolute Gasteiger partial charge is 0.257 e. The molecule has 0 aliphatic carbocycles. The molecule has 1 unspecified atom stereocenters. The first kappa shape index (κ1) is 15.5. The molecule has 3 aromatic rings. The van der Waals surface area contributed by atoms with Crippen LogP contribution in [-0.2, 0) is 0 Å². The number of pyridine rings is 2. The van der Waals surface area contributed by atoms with Crippen LogP contribution in [0.3, 0.4) is 0 Å².